The van der Waals surface area contributed by atoms with Crippen molar-refractivity contribution in [2.75, 3.05) is 73.6 Å². The van der Waals surface area contributed by atoms with Crippen LogP contribution in [0.2, 0.25) is 0 Å². The molecule has 1 unspecified atom stereocenters. The third kappa shape index (κ3) is 5.68. The van der Waals surface area contributed by atoms with E-state index in [1.54, 1.807) is 6.20 Å². The Morgan fingerprint density at radius 2 is 1.88 bits per heavy atom. The Bertz CT molecular complexity index is 1380. The van der Waals surface area contributed by atoms with Crippen LogP contribution in [-0.2, 0) is 4.74 Å². The highest BCUT2D eigenvalue weighted by molar-refractivity contribution is 5.95. The molecule has 2 aromatic heterocycles. The molecule has 0 radical (unpaired) electrons. The van der Waals surface area contributed by atoms with E-state index in [2.05, 4.69) is 62.7 Å². The number of ether oxygens (including phenoxy) is 1. The highest BCUT2D eigenvalue weighted by atomic mass is 16.5. The van der Waals surface area contributed by atoms with Crippen molar-refractivity contribution in [2.45, 2.75) is 44.9 Å². The maximum atomic E-state index is 9.54. The van der Waals surface area contributed by atoms with Crippen LogP contribution in [0.15, 0.2) is 36.5 Å². The van der Waals surface area contributed by atoms with Crippen LogP contribution < -0.4 is 20.4 Å². The monoisotopic (exact) mass is 541 g/mol. The van der Waals surface area contributed by atoms with Crippen LogP contribution in [0.25, 0.3) is 10.9 Å². The minimum Gasteiger partial charge on any atom is -0.370 e. The highest BCUT2D eigenvalue weighted by Crippen LogP contribution is 2.30. The number of hydrogen-bond donors (Lipinski definition) is 1. The lowest BCUT2D eigenvalue weighted by Gasteiger charge is -2.42. The van der Waals surface area contributed by atoms with E-state index in [4.69, 9.17) is 20.4 Å². The number of morpholine rings is 1. The van der Waals surface area contributed by atoms with Crippen LogP contribution >= 0.6 is 0 Å². The van der Waals surface area contributed by atoms with Gasteiger partial charge in [-0.1, -0.05) is 0 Å². The van der Waals surface area contributed by atoms with Gasteiger partial charge in [-0.2, -0.15) is 10.2 Å². The molecule has 2 N–H and O–H groups in total. The standard InChI is InChI=1S/C30H39N9O/c1-21-15-28(35-30(34-21)38-10-4-5-24(32)18-38)37-13-11-36(12-14-37)19-25-20-39(17-22(2)40-25)27-8-7-23(16-31)29-26(27)6-3-9-33-29/h3,6-9,15,22,24-25H,4-5,10-14,17-20,32H2,1-2H3/t22-,24?,25+/m1/s1. The topological polar surface area (TPSA) is 111 Å². The number of benzene rings is 1. The lowest BCUT2D eigenvalue weighted by molar-refractivity contribution is -0.0327. The Morgan fingerprint density at radius 3 is 2.67 bits per heavy atom. The van der Waals surface area contributed by atoms with Crippen LogP contribution in [0.5, 0.6) is 0 Å². The highest BCUT2D eigenvalue weighted by Gasteiger charge is 2.30. The molecule has 1 aromatic carbocycles. The summed E-state index contributed by atoms with van der Waals surface area (Å²) in [6.07, 6.45) is 4.13. The summed E-state index contributed by atoms with van der Waals surface area (Å²) in [6.45, 7) is 12.3. The van der Waals surface area contributed by atoms with Crippen molar-refractivity contribution in [3.8, 4) is 6.07 Å². The first-order valence-electron chi connectivity index (χ1n) is 14.5. The van der Waals surface area contributed by atoms with Gasteiger partial charge in [-0.15, -0.1) is 0 Å². The number of nitriles is 1. The molecule has 10 heteroatoms. The van der Waals surface area contributed by atoms with E-state index in [1.807, 2.05) is 12.1 Å². The first-order chi connectivity index (χ1) is 19.5. The predicted octanol–water partition coefficient (Wildman–Crippen LogP) is 2.55. The fourth-order valence-corrected chi connectivity index (χ4v) is 6.35. The largest absolute Gasteiger partial charge is 0.370 e. The lowest BCUT2D eigenvalue weighted by Crippen LogP contribution is -2.54. The smallest absolute Gasteiger partial charge is 0.227 e. The van der Waals surface area contributed by atoms with Gasteiger partial charge in [0.2, 0.25) is 5.95 Å². The molecule has 10 nitrogen and oxygen atoms in total. The number of piperazine rings is 1. The third-order valence-corrected chi connectivity index (χ3v) is 8.26. The maximum absolute atomic E-state index is 9.54. The van der Waals surface area contributed by atoms with E-state index < -0.39 is 0 Å². The van der Waals surface area contributed by atoms with Gasteiger partial charge in [-0.3, -0.25) is 9.88 Å². The SMILES string of the molecule is Cc1cc(N2CCN(C[C@H]3CN(c4ccc(C#N)c5ncccc45)C[C@@H](C)O3)CC2)nc(N2CCCC(N)C2)n1. The molecule has 3 atom stereocenters. The zero-order valence-corrected chi connectivity index (χ0v) is 23.5. The van der Waals surface area contributed by atoms with Gasteiger partial charge in [0.05, 0.1) is 23.3 Å². The summed E-state index contributed by atoms with van der Waals surface area (Å²) in [6, 6.07) is 12.5. The van der Waals surface area contributed by atoms with Gasteiger partial charge in [-0.05, 0) is 51.0 Å². The van der Waals surface area contributed by atoms with Gasteiger partial charge in [0.1, 0.15) is 11.9 Å². The van der Waals surface area contributed by atoms with Gasteiger partial charge in [-0.25, -0.2) is 4.98 Å². The molecule has 3 fully saturated rings. The molecule has 3 aromatic rings. The second-order valence-electron chi connectivity index (χ2n) is 11.4. The lowest BCUT2D eigenvalue weighted by atomic mass is 10.1. The first kappa shape index (κ1) is 26.7. The van der Waals surface area contributed by atoms with E-state index >= 15 is 0 Å². The molecular weight excluding hydrogens is 502 g/mol. The molecule has 210 valence electrons. The van der Waals surface area contributed by atoms with E-state index in [9.17, 15) is 5.26 Å². The van der Waals surface area contributed by atoms with E-state index in [1.165, 1.54) is 0 Å². The number of nitrogens with two attached hydrogens (primary N) is 1. The Kier molecular flexibility index (Phi) is 7.69. The van der Waals surface area contributed by atoms with Crippen LogP contribution in [0.1, 0.15) is 31.0 Å². The Hall–Kier alpha value is -3.52. The molecule has 5 heterocycles. The van der Waals surface area contributed by atoms with Gasteiger partial charge < -0.3 is 25.2 Å². The molecule has 6 rings (SSSR count). The van der Waals surface area contributed by atoms with Crippen molar-refractivity contribution in [1.29, 1.82) is 5.26 Å². The minimum atomic E-state index is 0.105. The number of aromatic nitrogens is 3. The first-order valence-corrected chi connectivity index (χ1v) is 14.5. The summed E-state index contributed by atoms with van der Waals surface area (Å²) in [4.78, 5) is 23.7. The van der Waals surface area contributed by atoms with Gasteiger partial charge in [0.15, 0.2) is 0 Å². The molecule has 0 amide bonds. The third-order valence-electron chi connectivity index (χ3n) is 8.26. The van der Waals surface area contributed by atoms with E-state index in [0.29, 0.717) is 5.56 Å². The van der Waals surface area contributed by atoms with Gasteiger partial charge >= 0.3 is 0 Å². The summed E-state index contributed by atoms with van der Waals surface area (Å²) >= 11 is 0. The van der Waals surface area contributed by atoms with Gasteiger partial charge in [0.25, 0.3) is 0 Å². The number of hydrogen-bond acceptors (Lipinski definition) is 10. The van der Waals surface area contributed by atoms with Crippen molar-refractivity contribution < 1.29 is 4.74 Å². The summed E-state index contributed by atoms with van der Waals surface area (Å²) in [5.41, 5.74) is 9.71. The van der Waals surface area contributed by atoms with E-state index in [0.717, 1.165) is 106 Å². The Morgan fingerprint density at radius 1 is 1.02 bits per heavy atom. The average molecular weight is 542 g/mol. The minimum absolute atomic E-state index is 0.105. The second-order valence-corrected chi connectivity index (χ2v) is 11.4. The van der Waals surface area contributed by atoms with Crippen LogP contribution in [0, 0.1) is 18.3 Å². The number of piperidine rings is 1. The van der Waals surface area contributed by atoms with Crippen LogP contribution in [0.3, 0.4) is 0 Å². The second kappa shape index (κ2) is 11.5. The van der Waals surface area contributed by atoms with Crippen molar-refractivity contribution in [3.05, 3.63) is 47.8 Å². The van der Waals surface area contributed by atoms with Gasteiger partial charge in [0, 0.05) is 94.0 Å². The van der Waals surface area contributed by atoms with Crippen LogP contribution in [0.4, 0.5) is 17.5 Å². The molecule has 3 aliphatic rings. The maximum Gasteiger partial charge on any atom is 0.227 e. The number of anilines is 3. The molecule has 0 bridgehead atoms. The van der Waals surface area contributed by atoms with Crippen molar-refractivity contribution in [1.82, 2.24) is 19.9 Å². The zero-order valence-electron chi connectivity index (χ0n) is 23.5. The summed E-state index contributed by atoms with van der Waals surface area (Å²) < 4.78 is 6.42. The van der Waals surface area contributed by atoms with Crippen molar-refractivity contribution >= 4 is 28.4 Å². The molecule has 0 spiro atoms. The summed E-state index contributed by atoms with van der Waals surface area (Å²) in [5.74, 6) is 1.82. The summed E-state index contributed by atoms with van der Waals surface area (Å²) in [7, 11) is 0. The molecule has 0 saturated carbocycles. The molecule has 40 heavy (non-hydrogen) atoms. The van der Waals surface area contributed by atoms with E-state index in [-0.39, 0.29) is 18.2 Å². The molecular formula is C30H39N9O. The van der Waals surface area contributed by atoms with Crippen LogP contribution in [-0.4, -0.2) is 97.0 Å². The Balaban J connectivity index is 1.10. The number of rotatable bonds is 5. The molecule has 3 aliphatic heterocycles. The fraction of sp³-hybridized carbons (Fsp3) is 0.533. The molecule has 3 saturated heterocycles. The number of pyridine rings is 1. The quantitative estimate of drug-likeness (QED) is 0.517. The molecule has 0 aliphatic carbocycles. The normalized spacial score (nSPS) is 24.4. The van der Waals surface area contributed by atoms with Crippen molar-refractivity contribution in [2.24, 2.45) is 5.73 Å². The predicted molar refractivity (Wildman–Crippen MR) is 158 cm³/mol. The Labute approximate surface area is 236 Å². The number of aryl methyl sites for hydroxylation is 1. The number of nitrogens with zero attached hydrogens (tertiary/aromatic N) is 8. The zero-order chi connectivity index (χ0) is 27.6. The summed E-state index contributed by atoms with van der Waals surface area (Å²) in [5, 5.41) is 10.6. The number of fused-ring (bicyclic) bond motifs is 1. The fourth-order valence-electron chi connectivity index (χ4n) is 6.35. The average Bonchev–Trinajstić information content (AvgIpc) is 2.96. The van der Waals surface area contributed by atoms with Crippen molar-refractivity contribution in [3.63, 3.8) is 0 Å².